The summed E-state index contributed by atoms with van der Waals surface area (Å²) in [5, 5.41) is 14.7. The molecule has 0 aliphatic rings. The molecule has 0 unspecified atom stereocenters. The summed E-state index contributed by atoms with van der Waals surface area (Å²) in [4.78, 5) is 0. The molecule has 6 heteroatoms. The monoisotopic (exact) mass is 351 g/mol. The summed E-state index contributed by atoms with van der Waals surface area (Å²) >= 11 is 3.46. The van der Waals surface area contributed by atoms with Gasteiger partial charge in [-0.1, -0.05) is 27.2 Å². The van der Waals surface area contributed by atoms with Crippen LogP contribution in [0.5, 0.6) is 0 Å². The van der Waals surface area contributed by atoms with Crippen molar-refractivity contribution in [3.8, 4) is 0 Å². The molecule has 4 nitrogen and oxygen atoms in total. The average Bonchev–Trinajstić information content (AvgIpc) is 2.47. The number of oxime groups is 1. The van der Waals surface area contributed by atoms with Crippen molar-refractivity contribution in [2.24, 2.45) is 10.9 Å². The Hall–Kier alpha value is -2.08. The molecule has 0 saturated heterocycles. The number of aryl methyl sites for hydroxylation is 1. The molecule has 0 heterocycles. The highest BCUT2D eigenvalue weighted by molar-refractivity contribution is 9.10. The predicted octanol–water partition coefficient (Wildman–Crippen LogP) is 3.60. The Morgan fingerprint density at radius 1 is 1.33 bits per heavy atom. The number of rotatable bonds is 4. The quantitative estimate of drug-likeness (QED) is 0.341. The maximum Gasteiger partial charge on any atom is 0.170 e. The van der Waals surface area contributed by atoms with E-state index < -0.39 is 5.82 Å². The van der Waals surface area contributed by atoms with Gasteiger partial charge in [-0.3, -0.25) is 0 Å². The first-order chi connectivity index (χ1) is 9.99. The van der Waals surface area contributed by atoms with Gasteiger partial charge in [-0.25, -0.2) is 4.39 Å². The van der Waals surface area contributed by atoms with Gasteiger partial charge < -0.3 is 16.3 Å². The van der Waals surface area contributed by atoms with Gasteiger partial charge in [0.25, 0.3) is 0 Å². The third-order valence-electron chi connectivity index (χ3n) is 3.03. The largest absolute Gasteiger partial charge is 0.409 e. The molecule has 2 aromatic rings. The number of nitrogens with one attached hydrogen (secondary N) is 1. The Kier molecular flexibility index (Phi) is 4.80. The van der Waals surface area contributed by atoms with Crippen molar-refractivity contribution in [1.82, 2.24) is 0 Å². The highest BCUT2D eigenvalue weighted by Gasteiger charge is 2.05. The predicted molar refractivity (Wildman–Crippen MR) is 85.1 cm³/mol. The first kappa shape index (κ1) is 15.3. The zero-order valence-corrected chi connectivity index (χ0v) is 13.0. The van der Waals surface area contributed by atoms with Gasteiger partial charge in [0.2, 0.25) is 0 Å². The standard InChI is InChI=1S/C15H15BrFN3O/c1-9-2-3-13(7-14(9)16)19-8-10-4-11(15(18)20-21)6-12(17)5-10/h2-7,19,21H,8H2,1H3,(H2,18,20). The van der Waals surface area contributed by atoms with Crippen LogP contribution in [0.4, 0.5) is 10.1 Å². The molecular weight excluding hydrogens is 337 g/mol. The van der Waals surface area contributed by atoms with E-state index >= 15 is 0 Å². The van der Waals surface area contributed by atoms with Gasteiger partial charge >= 0.3 is 0 Å². The van der Waals surface area contributed by atoms with Gasteiger partial charge in [0.15, 0.2) is 5.84 Å². The second-order valence-electron chi connectivity index (χ2n) is 4.65. The number of benzene rings is 2. The van der Waals surface area contributed by atoms with Crippen LogP contribution in [0, 0.1) is 12.7 Å². The van der Waals surface area contributed by atoms with Crippen LogP contribution in [0.25, 0.3) is 0 Å². The molecule has 2 aromatic carbocycles. The topological polar surface area (TPSA) is 70.6 Å². The van der Waals surface area contributed by atoms with Crippen molar-refractivity contribution in [2.45, 2.75) is 13.5 Å². The summed E-state index contributed by atoms with van der Waals surface area (Å²) in [5.41, 5.74) is 8.59. The number of hydrogen-bond acceptors (Lipinski definition) is 3. The normalized spacial score (nSPS) is 11.5. The van der Waals surface area contributed by atoms with E-state index in [1.807, 2.05) is 25.1 Å². The van der Waals surface area contributed by atoms with Crippen LogP contribution in [-0.4, -0.2) is 11.0 Å². The molecule has 4 N–H and O–H groups in total. The lowest BCUT2D eigenvalue weighted by Gasteiger charge is -2.09. The second kappa shape index (κ2) is 6.58. The van der Waals surface area contributed by atoms with Crippen LogP contribution in [0.2, 0.25) is 0 Å². The second-order valence-corrected chi connectivity index (χ2v) is 5.51. The lowest BCUT2D eigenvalue weighted by atomic mass is 10.1. The molecular formula is C15H15BrFN3O. The number of nitrogens with zero attached hydrogens (tertiary/aromatic N) is 1. The molecule has 0 saturated carbocycles. The maximum absolute atomic E-state index is 13.5. The third-order valence-corrected chi connectivity index (χ3v) is 3.88. The SMILES string of the molecule is Cc1ccc(NCc2cc(F)cc(/C(N)=N/O)c2)cc1Br. The summed E-state index contributed by atoms with van der Waals surface area (Å²) in [6.45, 7) is 2.43. The van der Waals surface area contributed by atoms with E-state index in [0.29, 0.717) is 17.7 Å². The molecule has 0 atom stereocenters. The van der Waals surface area contributed by atoms with Crippen LogP contribution in [0.3, 0.4) is 0 Å². The summed E-state index contributed by atoms with van der Waals surface area (Å²) in [5.74, 6) is -0.546. The van der Waals surface area contributed by atoms with Gasteiger partial charge in [-0.05, 0) is 48.4 Å². The van der Waals surface area contributed by atoms with E-state index in [9.17, 15) is 4.39 Å². The van der Waals surface area contributed by atoms with Crippen LogP contribution >= 0.6 is 15.9 Å². The summed E-state index contributed by atoms with van der Waals surface area (Å²) in [6.07, 6.45) is 0. The maximum atomic E-state index is 13.5. The van der Waals surface area contributed by atoms with E-state index in [1.165, 1.54) is 12.1 Å². The fraction of sp³-hybridized carbons (Fsp3) is 0.133. The van der Waals surface area contributed by atoms with E-state index in [-0.39, 0.29) is 5.84 Å². The lowest BCUT2D eigenvalue weighted by molar-refractivity contribution is 0.318. The molecule has 0 spiro atoms. The van der Waals surface area contributed by atoms with E-state index in [2.05, 4.69) is 26.4 Å². The smallest absolute Gasteiger partial charge is 0.170 e. The highest BCUT2D eigenvalue weighted by Crippen LogP contribution is 2.21. The minimum absolute atomic E-state index is 0.117. The van der Waals surface area contributed by atoms with Crippen molar-refractivity contribution in [3.05, 3.63) is 63.4 Å². The van der Waals surface area contributed by atoms with Gasteiger partial charge in [0, 0.05) is 22.3 Å². The Labute approximate surface area is 130 Å². The van der Waals surface area contributed by atoms with Crippen molar-refractivity contribution in [2.75, 3.05) is 5.32 Å². The van der Waals surface area contributed by atoms with Crippen LogP contribution in [0.1, 0.15) is 16.7 Å². The van der Waals surface area contributed by atoms with Crippen molar-refractivity contribution in [1.29, 1.82) is 0 Å². The molecule has 0 amide bonds. The van der Waals surface area contributed by atoms with E-state index in [1.54, 1.807) is 6.07 Å². The molecule has 0 bridgehead atoms. The summed E-state index contributed by atoms with van der Waals surface area (Å²) < 4.78 is 14.5. The Balaban J connectivity index is 2.16. The van der Waals surface area contributed by atoms with Gasteiger partial charge in [0.1, 0.15) is 5.82 Å². The summed E-state index contributed by atoms with van der Waals surface area (Å²) in [6, 6.07) is 10.2. The molecule has 2 rings (SSSR count). The van der Waals surface area contributed by atoms with Crippen molar-refractivity contribution >= 4 is 27.5 Å². The molecule has 0 aliphatic carbocycles. The molecule has 0 aromatic heterocycles. The molecule has 0 aliphatic heterocycles. The Morgan fingerprint density at radius 3 is 2.76 bits per heavy atom. The minimum atomic E-state index is -0.430. The fourth-order valence-corrected chi connectivity index (χ4v) is 2.24. The van der Waals surface area contributed by atoms with Gasteiger partial charge in [0.05, 0.1) is 0 Å². The Morgan fingerprint density at radius 2 is 2.10 bits per heavy atom. The molecule has 110 valence electrons. The van der Waals surface area contributed by atoms with E-state index in [4.69, 9.17) is 10.9 Å². The summed E-state index contributed by atoms with van der Waals surface area (Å²) in [7, 11) is 0. The third kappa shape index (κ3) is 3.95. The lowest BCUT2D eigenvalue weighted by Crippen LogP contribution is -2.14. The van der Waals surface area contributed by atoms with Crippen molar-refractivity contribution < 1.29 is 9.60 Å². The van der Waals surface area contributed by atoms with Gasteiger partial charge in [-0.2, -0.15) is 0 Å². The van der Waals surface area contributed by atoms with Crippen LogP contribution in [-0.2, 0) is 6.54 Å². The number of amidine groups is 1. The van der Waals surface area contributed by atoms with Crippen LogP contribution < -0.4 is 11.1 Å². The highest BCUT2D eigenvalue weighted by atomic mass is 79.9. The number of halogens is 2. The number of anilines is 1. The Bertz CT molecular complexity index is 689. The minimum Gasteiger partial charge on any atom is -0.409 e. The molecule has 0 radical (unpaired) electrons. The van der Waals surface area contributed by atoms with Crippen LogP contribution in [0.15, 0.2) is 46.0 Å². The van der Waals surface area contributed by atoms with Gasteiger partial charge in [-0.15, -0.1) is 0 Å². The zero-order chi connectivity index (χ0) is 15.4. The van der Waals surface area contributed by atoms with E-state index in [0.717, 1.165) is 15.7 Å². The first-order valence-electron chi connectivity index (χ1n) is 6.27. The van der Waals surface area contributed by atoms with Crippen molar-refractivity contribution in [3.63, 3.8) is 0 Å². The molecule has 0 fully saturated rings. The number of nitrogens with two attached hydrogens (primary N) is 1. The number of hydrogen-bond donors (Lipinski definition) is 3. The fourth-order valence-electron chi connectivity index (χ4n) is 1.87. The first-order valence-corrected chi connectivity index (χ1v) is 7.06. The zero-order valence-electron chi connectivity index (χ0n) is 11.4. The average molecular weight is 352 g/mol. The molecule has 21 heavy (non-hydrogen) atoms.